The fourth-order valence-corrected chi connectivity index (χ4v) is 7.76. The van der Waals surface area contributed by atoms with Crippen LogP contribution in [0, 0.1) is 0 Å². The van der Waals surface area contributed by atoms with Gasteiger partial charge in [0.2, 0.25) is 5.72 Å². The van der Waals surface area contributed by atoms with Crippen LogP contribution in [0.3, 0.4) is 0 Å². The summed E-state index contributed by atoms with van der Waals surface area (Å²) in [5, 5.41) is 12.8. The van der Waals surface area contributed by atoms with Crippen molar-refractivity contribution < 1.29 is 19.4 Å². The second-order valence-electron chi connectivity index (χ2n) is 6.07. The highest BCUT2D eigenvalue weighted by Crippen LogP contribution is 2.50. The zero-order chi connectivity index (χ0) is 18.6. The standard InChI is InChI=1S/C16H27N2O4PS2/c1-5-7-23(8-6-2)17-16(22-3)14(21)18-12(13(19)20)11(9-24-4)10-25-15(16)18/h15,17H,5-10H2,1-4H3,(H,19,20)/t15-,16-/m0/s1. The lowest BCUT2D eigenvalue weighted by Crippen LogP contribution is -2.79. The summed E-state index contributed by atoms with van der Waals surface area (Å²) in [5.41, 5.74) is -0.136. The molecule has 0 aromatic rings. The molecule has 1 saturated heterocycles. The topological polar surface area (TPSA) is 78.9 Å². The summed E-state index contributed by atoms with van der Waals surface area (Å²) in [6.45, 7) is 4.27. The number of ether oxygens (including phenoxy) is 1. The number of thioether (sulfide) groups is 2. The molecule has 9 heteroatoms. The predicted molar refractivity (Wildman–Crippen MR) is 106 cm³/mol. The zero-order valence-corrected chi connectivity index (χ0v) is 17.7. The number of rotatable bonds is 10. The van der Waals surface area contributed by atoms with Crippen LogP contribution in [0.5, 0.6) is 0 Å². The summed E-state index contributed by atoms with van der Waals surface area (Å²) in [7, 11) is 1.02. The number of β-lactam (4-membered cyclic amide) rings is 1. The van der Waals surface area contributed by atoms with Crippen LogP contribution in [0.1, 0.15) is 26.7 Å². The quantitative estimate of drug-likeness (QED) is 0.328. The number of fused-ring (bicyclic) bond motifs is 1. The molecule has 2 atom stereocenters. The van der Waals surface area contributed by atoms with Crippen molar-refractivity contribution in [3.8, 4) is 0 Å². The molecule has 2 aliphatic heterocycles. The number of aliphatic carboxylic acids is 1. The van der Waals surface area contributed by atoms with Gasteiger partial charge < -0.3 is 9.84 Å². The first-order valence-corrected chi connectivity index (χ1v) is 12.6. The highest BCUT2D eigenvalue weighted by atomic mass is 32.2. The summed E-state index contributed by atoms with van der Waals surface area (Å²) in [5.74, 6) is -0.0696. The Balaban J connectivity index is 2.28. The minimum Gasteiger partial charge on any atom is -0.477 e. The fourth-order valence-electron chi connectivity index (χ4n) is 3.21. The third kappa shape index (κ3) is 3.88. The first kappa shape index (κ1) is 21.0. The molecule has 2 N–H and O–H groups in total. The third-order valence-corrected chi connectivity index (χ3v) is 8.90. The van der Waals surface area contributed by atoms with E-state index >= 15 is 0 Å². The number of methoxy groups -OCH3 is 1. The van der Waals surface area contributed by atoms with Gasteiger partial charge in [-0.2, -0.15) is 11.8 Å². The molecular weight excluding hydrogens is 379 g/mol. The monoisotopic (exact) mass is 406 g/mol. The minimum atomic E-state index is -1.09. The number of hydrogen-bond donors (Lipinski definition) is 2. The molecule has 0 aliphatic carbocycles. The third-order valence-electron chi connectivity index (χ3n) is 4.26. The van der Waals surface area contributed by atoms with Crippen molar-refractivity contribution >= 4 is 43.5 Å². The molecule has 0 unspecified atom stereocenters. The average molecular weight is 407 g/mol. The number of hydrogen-bond acceptors (Lipinski definition) is 6. The van der Waals surface area contributed by atoms with Crippen LogP contribution in [0.2, 0.25) is 0 Å². The second kappa shape index (κ2) is 9.09. The van der Waals surface area contributed by atoms with E-state index in [-0.39, 0.29) is 17.0 Å². The number of carbonyl (C=O) groups excluding carboxylic acids is 1. The van der Waals surface area contributed by atoms with Crippen LogP contribution in [0.4, 0.5) is 0 Å². The molecule has 0 spiro atoms. The number of amides is 1. The van der Waals surface area contributed by atoms with Gasteiger partial charge in [-0.25, -0.2) is 4.79 Å². The van der Waals surface area contributed by atoms with Gasteiger partial charge in [-0.05, 0) is 32.2 Å². The Bertz CT molecular complexity index is 554. The smallest absolute Gasteiger partial charge is 0.352 e. The Morgan fingerprint density at radius 1 is 1.48 bits per heavy atom. The van der Waals surface area contributed by atoms with Crippen molar-refractivity contribution in [3.63, 3.8) is 0 Å². The van der Waals surface area contributed by atoms with E-state index in [2.05, 4.69) is 18.9 Å². The van der Waals surface area contributed by atoms with Gasteiger partial charge in [-0.1, -0.05) is 26.7 Å². The average Bonchev–Trinajstić information content (AvgIpc) is 2.59. The van der Waals surface area contributed by atoms with Crippen molar-refractivity contribution in [1.29, 1.82) is 0 Å². The highest BCUT2D eigenvalue weighted by Gasteiger charge is 2.66. The van der Waals surface area contributed by atoms with E-state index in [9.17, 15) is 14.7 Å². The number of carbonyl (C=O) groups is 2. The Morgan fingerprint density at radius 2 is 2.12 bits per heavy atom. The van der Waals surface area contributed by atoms with Crippen LogP contribution in [-0.2, 0) is 14.3 Å². The van der Waals surface area contributed by atoms with E-state index in [0.717, 1.165) is 30.7 Å². The van der Waals surface area contributed by atoms with Crippen molar-refractivity contribution in [2.45, 2.75) is 37.8 Å². The van der Waals surface area contributed by atoms with Gasteiger partial charge in [0.1, 0.15) is 11.1 Å². The number of nitrogens with one attached hydrogen (secondary N) is 1. The maximum Gasteiger partial charge on any atom is 0.352 e. The maximum atomic E-state index is 13.0. The van der Waals surface area contributed by atoms with E-state index in [1.54, 1.807) is 23.5 Å². The molecule has 1 amide bonds. The lowest BCUT2D eigenvalue weighted by molar-refractivity contribution is -0.186. The summed E-state index contributed by atoms with van der Waals surface area (Å²) in [4.78, 5) is 26.2. The van der Waals surface area contributed by atoms with Gasteiger partial charge in [0.25, 0.3) is 5.91 Å². The van der Waals surface area contributed by atoms with Gasteiger partial charge in [-0.15, -0.1) is 11.8 Å². The number of carboxylic acid groups (broad SMARTS) is 1. The zero-order valence-electron chi connectivity index (χ0n) is 15.2. The van der Waals surface area contributed by atoms with E-state index in [4.69, 9.17) is 4.74 Å². The van der Waals surface area contributed by atoms with E-state index < -0.39 is 19.8 Å². The van der Waals surface area contributed by atoms with Crippen LogP contribution in [0.25, 0.3) is 0 Å². The van der Waals surface area contributed by atoms with Gasteiger partial charge in [0, 0.05) is 18.6 Å². The van der Waals surface area contributed by atoms with Gasteiger partial charge in [0.15, 0.2) is 0 Å². The normalized spacial score (nSPS) is 26.0. The molecule has 0 saturated carbocycles. The summed E-state index contributed by atoms with van der Waals surface area (Å²) >= 11 is 3.16. The van der Waals surface area contributed by atoms with Crippen LogP contribution < -0.4 is 5.09 Å². The van der Waals surface area contributed by atoms with Crippen molar-refractivity contribution in [2.75, 3.05) is 37.2 Å². The van der Waals surface area contributed by atoms with E-state index in [1.807, 2.05) is 6.26 Å². The molecule has 0 aromatic carbocycles. The lowest BCUT2D eigenvalue weighted by atomic mass is 10.00. The van der Waals surface area contributed by atoms with Gasteiger partial charge in [0.05, 0.1) is 0 Å². The van der Waals surface area contributed by atoms with Gasteiger partial charge >= 0.3 is 5.97 Å². The van der Waals surface area contributed by atoms with Crippen LogP contribution in [-0.4, -0.2) is 70.2 Å². The molecule has 25 heavy (non-hydrogen) atoms. The molecular formula is C16H27N2O4PS2. The molecule has 142 valence electrons. The first-order chi connectivity index (χ1) is 12.0. The fraction of sp³-hybridized carbons (Fsp3) is 0.750. The SMILES string of the molecule is CCCP(CCC)N[C@]1(OC)C(=O)N2C(C(=O)O)=C(CSC)CS[C@H]21. The largest absolute Gasteiger partial charge is 0.477 e. The molecule has 0 radical (unpaired) electrons. The molecule has 2 aliphatic rings. The van der Waals surface area contributed by atoms with Crippen LogP contribution >= 0.6 is 31.6 Å². The Morgan fingerprint density at radius 3 is 2.60 bits per heavy atom. The molecule has 6 nitrogen and oxygen atoms in total. The van der Waals surface area contributed by atoms with Crippen LogP contribution in [0.15, 0.2) is 11.3 Å². The molecule has 0 aromatic heterocycles. The summed E-state index contributed by atoms with van der Waals surface area (Å²) in [6.07, 6.45) is 6.08. The molecule has 2 rings (SSSR count). The highest BCUT2D eigenvalue weighted by molar-refractivity contribution is 8.00. The Kier molecular flexibility index (Phi) is 7.65. The summed E-state index contributed by atoms with van der Waals surface area (Å²) < 4.78 is 5.67. The number of carboxylic acids is 1. The Hall–Kier alpha value is -0.270. The van der Waals surface area contributed by atoms with Crippen molar-refractivity contribution in [3.05, 3.63) is 11.3 Å². The van der Waals surface area contributed by atoms with E-state index in [1.165, 1.54) is 12.0 Å². The molecule has 2 heterocycles. The van der Waals surface area contributed by atoms with Crippen molar-refractivity contribution in [1.82, 2.24) is 9.99 Å². The minimum absolute atomic E-state index is 0.146. The molecule has 0 bridgehead atoms. The first-order valence-electron chi connectivity index (χ1n) is 8.44. The van der Waals surface area contributed by atoms with Crippen molar-refractivity contribution in [2.24, 2.45) is 0 Å². The number of nitrogens with zero attached hydrogens (tertiary/aromatic N) is 1. The van der Waals surface area contributed by atoms with Gasteiger partial charge in [-0.3, -0.25) is 14.8 Å². The predicted octanol–water partition coefficient (Wildman–Crippen LogP) is 2.75. The lowest BCUT2D eigenvalue weighted by Gasteiger charge is -2.57. The second-order valence-corrected chi connectivity index (χ2v) is 10.2. The Labute approximate surface area is 159 Å². The molecule has 1 fully saturated rings. The summed E-state index contributed by atoms with van der Waals surface area (Å²) in [6, 6.07) is 0. The van der Waals surface area contributed by atoms with E-state index in [0.29, 0.717) is 11.5 Å². The maximum absolute atomic E-state index is 13.0.